The molecular formula is C13H12Cl3N3O2. The van der Waals surface area contributed by atoms with Gasteiger partial charge in [0.2, 0.25) is 0 Å². The zero-order chi connectivity index (χ0) is 15.7. The van der Waals surface area contributed by atoms with Crippen LogP contribution in [0.3, 0.4) is 0 Å². The van der Waals surface area contributed by atoms with E-state index in [0.717, 1.165) is 0 Å². The molecule has 0 bridgehead atoms. The standard InChI is InChI=1S/C13H12Cl3N3O2/c1-3-21-13(20)10-6(2)18-19(12(10)17)11-8(15)4-7(14)5-9(11)16/h4-5H,3,17H2,1-2H3. The Bertz CT molecular complexity index is 690. The fourth-order valence-corrected chi connectivity index (χ4v) is 2.89. The lowest BCUT2D eigenvalue weighted by Crippen LogP contribution is -2.10. The normalized spacial score (nSPS) is 10.7. The molecule has 1 aromatic heterocycles. The first-order valence-electron chi connectivity index (χ1n) is 6.04. The Balaban J connectivity index is 2.62. The number of halogens is 3. The predicted molar refractivity (Wildman–Crippen MR) is 83.7 cm³/mol. The summed E-state index contributed by atoms with van der Waals surface area (Å²) >= 11 is 18.2. The second-order valence-electron chi connectivity index (χ2n) is 4.20. The lowest BCUT2D eigenvalue weighted by Gasteiger charge is -2.09. The molecule has 0 saturated heterocycles. The molecule has 21 heavy (non-hydrogen) atoms. The third-order valence-electron chi connectivity index (χ3n) is 2.77. The van der Waals surface area contributed by atoms with Gasteiger partial charge in [0.15, 0.2) is 0 Å². The lowest BCUT2D eigenvalue weighted by atomic mass is 10.2. The third-order valence-corrected chi connectivity index (χ3v) is 3.56. The minimum atomic E-state index is -0.542. The van der Waals surface area contributed by atoms with E-state index in [1.807, 2.05) is 0 Å². The fourth-order valence-electron chi connectivity index (χ4n) is 1.91. The summed E-state index contributed by atoms with van der Waals surface area (Å²) in [6.07, 6.45) is 0. The Morgan fingerprint density at radius 1 is 1.33 bits per heavy atom. The van der Waals surface area contributed by atoms with Crippen molar-refractivity contribution in [2.24, 2.45) is 0 Å². The molecule has 0 unspecified atom stereocenters. The molecule has 0 fully saturated rings. The van der Waals surface area contributed by atoms with Crippen LogP contribution < -0.4 is 5.73 Å². The number of rotatable bonds is 3. The summed E-state index contributed by atoms with van der Waals surface area (Å²) in [5.41, 5.74) is 6.97. The molecule has 0 radical (unpaired) electrons. The molecule has 0 aliphatic carbocycles. The molecule has 2 N–H and O–H groups in total. The van der Waals surface area contributed by atoms with Gasteiger partial charge in [0.1, 0.15) is 17.1 Å². The summed E-state index contributed by atoms with van der Waals surface area (Å²) in [5, 5.41) is 5.15. The quantitative estimate of drug-likeness (QED) is 0.854. The highest BCUT2D eigenvalue weighted by Gasteiger charge is 2.23. The van der Waals surface area contributed by atoms with Gasteiger partial charge in [0.05, 0.1) is 22.3 Å². The second kappa shape index (κ2) is 6.13. The number of carbonyl (C=O) groups excluding carboxylic acids is 1. The fraction of sp³-hybridized carbons (Fsp3) is 0.231. The van der Waals surface area contributed by atoms with Gasteiger partial charge in [-0.15, -0.1) is 0 Å². The van der Waals surface area contributed by atoms with Crippen molar-refractivity contribution < 1.29 is 9.53 Å². The Morgan fingerprint density at radius 3 is 2.43 bits per heavy atom. The van der Waals surface area contributed by atoms with Crippen LogP contribution in [0.5, 0.6) is 0 Å². The molecule has 112 valence electrons. The molecule has 8 heteroatoms. The van der Waals surface area contributed by atoms with E-state index < -0.39 is 5.97 Å². The van der Waals surface area contributed by atoms with Crippen LogP contribution in [0.25, 0.3) is 5.69 Å². The zero-order valence-corrected chi connectivity index (χ0v) is 13.6. The summed E-state index contributed by atoms with van der Waals surface area (Å²) in [6.45, 7) is 3.60. The Labute approximate surface area is 136 Å². The summed E-state index contributed by atoms with van der Waals surface area (Å²) in [4.78, 5) is 11.9. The maximum absolute atomic E-state index is 11.9. The largest absolute Gasteiger partial charge is 0.462 e. The van der Waals surface area contributed by atoms with Gasteiger partial charge < -0.3 is 10.5 Å². The smallest absolute Gasteiger partial charge is 0.343 e. The van der Waals surface area contributed by atoms with Crippen LogP contribution in [0, 0.1) is 6.92 Å². The lowest BCUT2D eigenvalue weighted by molar-refractivity contribution is 0.0527. The van der Waals surface area contributed by atoms with Crippen molar-refractivity contribution in [3.63, 3.8) is 0 Å². The average Bonchev–Trinajstić information content (AvgIpc) is 2.64. The van der Waals surface area contributed by atoms with E-state index in [-0.39, 0.29) is 28.0 Å². The minimum Gasteiger partial charge on any atom is -0.462 e. The van der Waals surface area contributed by atoms with Crippen molar-refractivity contribution in [2.45, 2.75) is 13.8 Å². The van der Waals surface area contributed by atoms with Crippen LogP contribution in [0.15, 0.2) is 12.1 Å². The average molecular weight is 349 g/mol. The Hall–Kier alpha value is -1.43. The van der Waals surface area contributed by atoms with Crippen molar-refractivity contribution in [2.75, 3.05) is 12.3 Å². The molecule has 1 aromatic carbocycles. The first kappa shape index (κ1) is 15.9. The Kier molecular flexibility index (Phi) is 4.66. The number of nitrogen functional groups attached to an aromatic ring is 1. The summed E-state index contributed by atoms with van der Waals surface area (Å²) in [6, 6.07) is 3.04. The number of hydrogen-bond acceptors (Lipinski definition) is 4. The number of nitrogens with two attached hydrogens (primary N) is 1. The molecule has 0 aliphatic rings. The molecule has 5 nitrogen and oxygen atoms in total. The molecule has 0 atom stereocenters. The van der Waals surface area contributed by atoms with E-state index in [0.29, 0.717) is 16.4 Å². The molecule has 0 amide bonds. The predicted octanol–water partition coefficient (Wildman–Crippen LogP) is 3.90. The second-order valence-corrected chi connectivity index (χ2v) is 5.45. The van der Waals surface area contributed by atoms with Crippen molar-refractivity contribution in [3.05, 3.63) is 38.5 Å². The maximum Gasteiger partial charge on any atom is 0.343 e. The number of benzene rings is 1. The van der Waals surface area contributed by atoms with Gasteiger partial charge in [-0.2, -0.15) is 5.10 Å². The van der Waals surface area contributed by atoms with E-state index in [9.17, 15) is 4.79 Å². The van der Waals surface area contributed by atoms with Gasteiger partial charge in [0, 0.05) is 5.02 Å². The van der Waals surface area contributed by atoms with E-state index in [1.165, 1.54) is 16.8 Å². The molecule has 0 aliphatic heterocycles. The van der Waals surface area contributed by atoms with Crippen LogP contribution in [0.2, 0.25) is 15.1 Å². The van der Waals surface area contributed by atoms with Gasteiger partial charge >= 0.3 is 5.97 Å². The zero-order valence-electron chi connectivity index (χ0n) is 11.3. The maximum atomic E-state index is 11.9. The first-order valence-corrected chi connectivity index (χ1v) is 7.17. The van der Waals surface area contributed by atoms with E-state index in [1.54, 1.807) is 13.8 Å². The van der Waals surface area contributed by atoms with Crippen LogP contribution in [-0.2, 0) is 4.74 Å². The van der Waals surface area contributed by atoms with Crippen LogP contribution in [0.4, 0.5) is 5.82 Å². The van der Waals surface area contributed by atoms with Gasteiger partial charge in [-0.25, -0.2) is 9.48 Å². The number of anilines is 1. The number of carbonyl (C=O) groups is 1. The van der Waals surface area contributed by atoms with E-state index in [2.05, 4.69) is 5.10 Å². The number of aryl methyl sites for hydroxylation is 1. The topological polar surface area (TPSA) is 70.1 Å². The van der Waals surface area contributed by atoms with Gasteiger partial charge in [-0.3, -0.25) is 0 Å². The number of esters is 1. The molecule has 0 spiro atoms. The van der Waals surface area contributed by atoms with Crippen molar-refractivity contribution in [1.29, 1.82) is 0 Å². The number of ether oxygens (including phenoxy) is 1. The number of nitrogens with zero attached hydrogens (tertiary/aromatic N) is 2. The highest BCUT2D eigenvalue weighted by Crippen LogP contribution is 2.34. The highest BCUT2D eigenvalue weighted by atomic mass is 35.5. The Morgan fingerprint density at radius 2 is 1.90 bits per heavy atom. The number of aromatic nitrogens is 2. The highest BCUT2D eigenvalue weighted by molar-refractivity contribution is 6.40. The van der Waals surface area contributed by atoms with Crippen LogP contribution >= 0.6 is 34.8 Å². The summed E-state index contributed by atoms with van der Waals surface area (Å²) in [7, 11) is 0. The van der Waals surface area contributed by atoms with Gasteiger partial charge in [-0.05, 0) is 26.0 Å². The van der Waals surface area contributed by atoms with Gasteiger partial charge in [0.25, 0.3) is 0 Å². The van der Waals surface area contributed by atoms with E-state index >= 15 is 0 Å². The molecule has 0 saturated carbocycles. The van der Waals surface area contributed by atoms with Crippen molar-refractivity contribution in [3.8, 4) is 5.69 Å². The van der Waals surface area contributed by atoms with Crippen LogP contribution in [0.1, 0.15) is 23.0 Å². The molecule has 2 rings (SSSR count). The summed E-state index contributed by atoms with van der Waals surface area (Å²) in [5.74, 6) is -0.433. The first-order chi connectivity index (χ1) is 9.86. The molecule has 1 heterocycles. The van der Waals surface area contributed by atoms with Crippen molar-refractivity contribution >= 4 is 46.6 Å². The SMILES string of the molecule is CCOC(=O)c1c(C)nn(-c2c(Cl)cc(Cl)cc2Cl)c1N. The van der Waals surface area contributed by atoms with Crippen molar-refractivity contribution in [1.82, 2.24) is 9.78 Å². The third kappa shape index (κ3) is 2.95. The van der Waals surface area contributed by atoms with Crippen LogP contribution in [-0.4, -0.2) is 22.4 Å². The van der Waals surface area contributed by atoms with Gasteiger partial charge in [-0.1, -0.05) is 34.8 Å². The minimum absolute atomic E-state index is 0.108. The monoisotopic (exact) mass is 347 g/mol. The number of hydrogen-bond donors (Lipinski definition) is 1. The van der Waals surface area contributed by atoms with E-state index in [4.69, 9.17) is 45.3 Å². The summed E-state index contributed by atoms with van der Waals surface area (Å²) < 4.78 is 6.27. The molecular weight excluding hydrogens is 337 g/mol. The molecule has 2 aromatic rings.